The molecule has 0 saturated carbocycles. The molecule has 2 rings (SSSR count). The molecule has 0 spiro atoms. The lowest BCUT2D eigenvalue weighted by molar-refractivity contribution is -0.132. The lowest BCUT2D eigenvalue weighted by Crippen LogP contribution is -2.51. The van der Waals surface area contributed by atoms with Crippen molar-refractivity contribution in [3.8, 4) is 0 Å². The fourth-order valence-corrected chi connectivity index (χ4v) is 3.05. The predicted molar refractivity (Wildman–Crippen MR) is 108 cm³/mol. The van der Waals surface area contributed by atoms with Crippen LogP contribution in [0.5, 0.6) is 0 Å². The molecule has 5 nitrogen and oxygen atoms in total. The van der Waals surface area contributed by atoms with Crippen molar-refractivity contribution in [3.05, 3.63) is 35.4 Å². The third kappa shape index (κ3) is 6.56. The minimum absolute atomic E-state index is 0.141. The first kappa shape index (κ1) is 21.3. The Labute approximate surface area is 163 Å². The summed E-state index contributed by atoms with van der Waals surface area (Å²) in [6, 6.07) is 8.54. The highest BCUT2D eigenvalue weighted by molar-refractivity contribution is 5.77. The van der Waals surface area contributed by atoms with Crippen LogP contribution < -0.4 is 0 Å². The number of nitrogens with zero attached hydrogens (tertiary/aromatic N) is 2. The molecular weight excluding hydrogens is 340 g/mol. The van der Waals surface area contributed by atoms with Crippen molar-refractivity contribution in [1.29, 1.82) is 0 Å². The fraction of sp³-hybridized carbons (Fsp3) is 0.636. The van der Waals surface area contributed by atoms with E-state index in [9.17, 15) is 9.59 Å². The van der Waals surface area contributed by atoms with E-state index >= 15 is 0 Å². The molecule has 0 aliphatic carbocycles. The van der Waals surface area contributed by atoms with Gasteiger partial charge in [-0.05, 0) is 43.7 Å². The summed E-state index contributed by atoms with van der Waals surface area (Å²) in [7, 11) is 0. The molecule has 0 unspecified atom stereocenters. The van der Waals surface area contributed by atoms with Gasteiger partial charge in [-0.1, -0.05) is 45.0 Å². The fourth-order valence-electron chi connectivity index (χ4n) is 3.05. The number of carbonyl (C=O) groups excluding carboxylic acids is 2. The Kier molecular flexibility index (Phi) is 6.55. The van der Waals surface area contributed by atoms with Crippen LogP contribution in [0.2, 0.25) is 0 Å². The van der Waals surface area contributed by atoms with Gasteiger partial charge in [-0.15, -0.1) is 0 Å². The second-order valence-electron chi connectivity index (χ2n) is 9.30. The number of hydrogen-bond donors (Lipinski definition) is 0. The monoisotopic (exact) mass is 374 g/mol. The number of benzene rings is 1. The van der Waals surface area contributed by atoms with Crippen LogP contribution in [0.25, 0.3) is 0 Å². The van der Waals surface area contributed by atoms with Gasteiger partial charge in [-0.2, -0.15) is 0 Å². The zero-order chi connectivity index (χ0) is 20.2. The topological polar surface area (TPSA) is 49.9 Å². The predicted octanol–water partition coefficient (Wildman–Crippen LogP) is 4.00. The van der Waals surface area contributed by atoms with Gasteiger partial charge in [0.15, 0.2) is 0 Å². The lowest BCUT2D eigenvalue weighted by Gasteiger charge is -2.35. The number of amides is 2. The molecule has 2 amide bonds. The maximum atomic E-state index is 12.5. The largest absolute Gasteiger partial charge is 0.444 e. The SMILES string of the molecule is CC(C)(C)OC(=O)N1CCN(C(=O)CCc2ccc(C(C)(C)C)cc2)CC1. The molecule has 0 bridgehead atoms. The number of aryl methyl sites for hydroxylation is 1. The Hall–Kier alpha value is -2.04. The molecule has 27 heavy (non-hydrogen) atoms. The molecule has 1 heterocycles. The highest BCUT2D eigenvalue weighted by Gasteiger charge is 2.27. The molecule has 5 heteroatoms. The summed E-state index contributed by atoms with van der Waals surface area (Å²) >= 11 is 0. The van der Waals surface area contributed by atoms with Gasteiger partial charge in [-0.25, -0.2) is 4.79 Å². The first-order chi connectivity index (χ1) is 12.5. The minimum Gasteiger partial charge on any atom is -0.444 e. The average molecular weight is 375 g/mol. The molecule has 0 radical (unpaired) electrons. The molecular formula is C22H34N2O3. The van der Waals surface area contributed by atoms with Crippen LogP contribution in [0.4, 0.5) is 4.79 Å². The van der Waals surface area contributed by atoms with Crippen LogP contribution >= 0.6 is 0 Å². The molecule has 1 fully saturated rings. The maximum absolute atomic E-state index is 12.5. The molecule has 1 aromatic rings. The number of rotatable bonds is 3. The van der Waals surface area contributed by atoms with Crippen LogP contribution in [-0.4, -0.2) is 53.6 Å². The van der Waals surface area contributed by atoms with Crippen LogP contribution in [0.1, 0.15) is 59.1 Å². The Morgan fingerprint density at radius 3 is 1.89 bits per heavy atom. The van der Waals surface area contributed by atoms with Crippen molar-refractivity contribution in [2.24, 2.45) is 0 Å². The van der Waals surface area contributed by atoms with E-state index in [1.54, 1.807) is 4.90 Å². The first-order valence-electron chi connectivity index (χ1n) is 9.81. The molecule has 1 saturated heterocycles. The van der Waals surface area contributed by atoms with E-state index in [-0.39, 0.29) is 17.4 Å². The smallest absolute Gasteiger partial charge is 0.410 e. The van der Waals surface area contributed by atoms with Gasteiger partial charge in [0.25, 0.3) is 0 Å². The molecule has 0 atom stereocenters. The molecule has 150 valence electrons. The van der Waals surface area contributed by atoms with Gasteiger partial charge in [0.05, 0.1) is 0 Å². The van der Waals surface area contributed by atoms with Gasteiger partial charge in [0.1, 0.15) is 5.60 Å². The second-order valence-corrected chi connectivity index (χ2v) is 9.30. The Balaban J connectivity index is 1.78. The summed E-state index contributed by atoms with van der Waals surface area (Å²) in [4.78, 5) is 28.1. The van der Waals surface area contributed by atoms with Crippen LogP contribution in [0.3, 0.4) is 0 Å². The molecule has 1 aromatic carbocycles. The Bertz CT molecular complexity index is 646. The van der Waals surface area contributed by atoms with Gasteiger partial charge >= 0.3 is 6.09 Å². The Morgan fingerprint density at radius 2 is 1.41 bits per heavy atom. The van der Waals surface area contributed by atoms with Crippen LogP contribution in [0.15, 0.2) is 24.3 Å². The number of hydrogen-bond acceptors (Lipinski definition) is 3. The van der Waals surface area contributed by atoms with Crippen LogP contribution in [-0.2, 0) is 21.4 Å². The average Bonchev–Trinajstić information content (AvgIpc) is 2.58. The van der Waals surface area contributed by atoms with E-state index in [0.717, 1.165) is 6.42 Å². The normalized spacial score (nSPS) is 15.6. The number of carbonyl (C=O) groups is 2. The Morgan fingerprint density at radius 1 is 0.889 bits per heavy atom. The van der Waals surface area contributed by atoms with Crippen LogP contribution in [0, 0.1) is 0 Å². The quantitative estimate of drug-likeness (QED) is 0.804. The summed E-state index contributed by atoms with van der Waals surface area (Å²) in [5, 5.41) is 0. The summed E-state index contributed by atoms with van der Waals surface area (Å²) in [6.45, 7) is 14.4. The van der Waals surface area contributed by atoms with Gasteiger partial charge in [-0.3, -0.25) is 4.79 Å². The van der Waals surface area contributed by atoms with Gasteiger partial charge in [0.2, 0.25) is 5.91 Å². The second kappa shape index (κ2) is 8.32. The zero-order valence-corrected chi connectivity index (χ0v) is 17.7. The van der Waals surface area contributed by atoms with Crippen molar-refractivity contribution in [2.75, 3.05) is 26.2 Å². The van der Waals surface area contributed by atoms with Gasteiger partial charge < -0.3 is 14.5 Å². The maximum Gasteiger partial charge on any atom is 0.410 e. The van der Waals surface area contributed by atoms with Crippen molar-refractivity contribution in [2.45, 2.75) is 65.4 Å². The lowest BCUT2D eigenvalue weighted by atomic mass is 9.86. The van der Waals surface area contributed by atoms with Crippen molar-refractivity contribution < 1.29 is 14.3 Å². The molecule has 1 aliphatic heterocycles. The first-order valence-corrected chi connectivity index (χ1v) is 9.81. The standard InChI is InChI=1S/C22H34N2O3/c1-21(2,3)18-10-7-17(8-11-18)9-12-19(25)23-13-15-24(16-14-23)20(26)27-22(4,5)6/h7-8,10-11H,9,12-16H2,1-6H3. The number of piperazine rings is 1. The summed E-state index contributed by atoms with van der Waals surface area (Å²) in [5.41, 5.74) is 2.13. The van der Waals surface area contributed by atoms with E-state index in [4.69, 9.17) is 4.74 Å². The highest BCUT2D eigenvalue weighted by atomic mass is 16.6. The van der Waals surface area contributed by atoms with Crippen molar-refractivity contribution in [1.82, 2.24) is 9.80 Å². The third-order valence-electron chi connectivity index (χ3n) is 4.73. The van der Waals surface area contributed by atoms with E-state index < -0.39 is 5.60 Å². The van der Waals surface area contributed by atoms with E-state index in [0.29, 0.717) is 32.6 Å². The molecule has 0 aromatic heterocycles. The number of ether oxygens (including phenoxy) is 1. The zero-order valence-electron chi connectivity index (χ0n) is 17.7. The van der Waals surface area contributed by atoms with Gasteiger partial charge in [0, 0.05) is 32.6 Å². The third-order valence-corrected chi connectivity index (χ3v) is 4.73. The molecule has 0 N–H and O–H groups in total. The van der Waals surface area contributed by atoms with E-state index in [1.807, 2.05) is 25.7 Å². The molecule has 1 aliphatic rings. The van der Waals surface area contributed by atoms with Crippen molar-refractivity contribution in [3.63, 3.8) is 0 Å². The summed E-state index contributed by atoms with van der Waals surface area (Å²) in [6.07, 6.45) is 0.949. The van der Waals surface area contributed by atoms with Crippen molar-refractivity contribution >= 4 is 12.0 Å². The minimum atomic E-state index is -0.493. The van der Waals surface area contributed by atoms with E-state index in [1.165, 1.54) is 11.1 Å². The van der Waals surface area contributed by atoms with E-state index in [2.05, 4.69) is 45.0 Å². The highest BCUT2D eigenvalue weighted by Crippen LogP contribution is 2.22. The summed E-state index contributed by atoms with van der Waals surface area (Å²) in [5.74, 6) is 0.152. The summed E-state index contributed by atoms with van der Waals surface area (Å²) < 4.78 is 5.40.